The number of hydrogen-bond donors (Lipinski definition) is 1. The molecule has 1 aliphatic rings. The Morgan fingerprint density at radius 3 is 2.40 bits per heavy atom. The number of amides is 1. The molecule has 1 N–H and O–H groups in total. The predicted molar refractivity (Wildman–Crippen MR) is 169 cm³/mol. The Labute approximate surface area is 250 Å². The van der Waals surface area contributed by atoms with Crippen LogP contribution in [0.3, 0.4) is 0 Å². The van der Waals surface area contributed by atoms with E-state index in [0.717, 1.165) is 78.9 Å². The number of carbonyl (C=O) groups is 1. The van der Waals surface area contributed by atoms with Crippen LogP contribution in [0.4, 0.5) is 0 Å². The topological polar surface area (TPSA) is 82.4 Å². The van der Waals surface area contributed by atoms with Crippen molar-refractivity contribution in [3.05, 3.63) is 59.9 Å². The highest BCUT2D eigenvalue weighted by Gasteiger charge is 2.21. The number of carbonyl (C=O) groups excluding carboxylic acids is 1. The van der Waals surface area contributed by atoms with Crippen molar-refractivity contribution in [2.75, 3.05) is 32.7 Å². The number of H-pyrrole nitrogens is 1. The van der Waals surface area contributed by atoms with E-state index in [1.54, 1.807) is 6.20 Å². The fourth-order valence-electron chi connectivity index (χ4n) is 5.87. The molecular formula is C34H47N7O. The first-order valence-electron chi connectivity index (χ1n) is 15.9. The first-order chi connectivity index (χ1) is 20.4. The third-order valence-corrected chi connectivity index (χ3v) is 8.44. The first-order valence-corrected chi connectivity index (χ1v) is 15.9. The second kappa shape index (κ2) is 14.1. The smallest absolute Gasteiger partial charge is 0.253 e. The fraction of sp³-hybridized carbons (Fsp3) is 0.529. The number of rotatable bonds is 13. The summed E-state index contributed by atoms with van der Waals surface area (Å²) in [6.45, 7) is 13.9. The molecule has 1 aromatic carbocycles. The van der Waals surface area contributed by atoms with Crippen LogP contribution in [0.1, 0.15) is 82.1 Å². The first kappa shape index (κ1) is 30.0. The molecule has 0 saturated carbocycles. The monoisotopic (exact) mass is 569 g/mol. The van der Waals surface area contributed by atoms with Gasteiger partial charge >= 0.3 is 0 Å². The molecule has 1 amide bonds. The molecule has 4 heterocycles. The van der Waals surface area contributed by atoms with E-state index in [-0.39, 0.29) is 5.91 Å². The van der Waals surface area contributed by atoms with Crippen LogP contribution >= 0.6 is 0 Å². The van der Waals surface area contributed by atoms with Crippen molar-refractivity contribution < 1.29 is 4.79 Å². The lowest BCUT2D eigenvalue weighted by molar-refractivity contribution is 0.0741. The van der Waals surface area contributed by atoms with E-state index in [4.69, 9.17) is 5.10 Å². The predicted octanol–water partition coefficient (Wildman–Crippen LogP) is 6.74. The minimum absolute atomic E-state index is 0.120. The molecule has 0 atom stereocenters. The summed E-state index contributed by atoms with van der Waals surface area (Å²) in [5.74, 6) is 1.23. The number of nitrogens with one attached hydrogen (secondary N) is 1. The number of nitrogens with zero attached hydrogens (tertiary/aromatic N) is 6. The molecule has 0 unspecified atom stereocenters. The van der Waals surface area contributed by atoms with Gasteiger partial charge in [-0.3, -0.25) is 9.89 Å². The summed E-state index contributed by atoms with van der Waals surface area (Å²) in [5.41, 5.74) is 6.91. The third kappa shape index (κ3) is 7.46. The minimum atomic E-state index is 0.120. The Morgan fingerprint density at radius 1 is 0.976 bits per heavy atom. The van der Waals surface area contributed by atoms with Gasteiger partial charge < -0.3 is 9.80 Å². The van der Waals surface area contributed by atoms with E-state index in [1.807, 2.05) is 16.8 Å². The molecule has 5 rings (SSSR count). The largest absolute Gasteiger partial charge is 0.339 e. The number of aromatic amines is 1. The van der Waals surface area contributed by atoms with Gasteiger partial charge in [0.05, 0.1) is 23.1 Å². The standard InChI is InChI=1S/C34H47N7O/c1-25(2)13-19-40(20-14-26(3)4)34(42)29-15-21-41-32(23-29)30(12-9-18-39-16-6-5-7-17-39)33(37-41)28-11-8-10-27(22-28)31-24-35-38-36-31/h8,10-11,15,21-26H,5-7,9,12-14,16-20H2,1-4H3,(H,35,36,38). The number of fused-ring (bicyclic) bond motifs is 1. The number of aryl methyl sites for hydroxylation is 1. The molecular weight excluding hydrogens is 522 g/mol. The van der Waals surface area contributed by atoms with E-state index < -0.39 is 0 Å². The van der Waals surface area contributed by atoms with Crippen molar-refractivity contribution in [2.45, 2.75) is 72.6 Å². The van der Waals surface area contributed by atoms with Gasteiger partial charge in [0.25, 0.3) is 5.91 Å². The van der Waals surface area contributed by atoms with Gasteiger partial charge in [0, 0.05) is 41.5 Å². The van der Waals surface area contributed by atoms with E-state index in [0.29, 0.717) is 11.8 Å². The van der Waals surface area contributed by atoms with Crippen LogP contribution in [-0.2, 0) is 6.42 Å². The second-order valence-corrected chi connectivity index (χ2v) is 12.7. The van der Waals surface area contributed by atoms with E-state index in [2.05, 4.69) is 83.2 Å². The van der Waals surface area contributed by atoms with Crippen LogP contribution in [0.2, 0.25) is 0 Å². The molecule has 4 aromatic rings. The molecule has 0 radical (unpaired) electrons. The number of aromatic nitrogens is 5. The summed E-state index contributed by atoms with van der Waals surface area (Å²) in [6.07, 6.45) is 11.6. The normalized spacial score (nSPS) is 14.3. The number of pyridine rings is 1. The maximum absolute atomic E-state index is 13.9. The van der Waals surface area contributed by atoms with Gasteiger partial charge in [-0.15, -0.1) is 5.10 Å². The zero-order valence-electron chi connectivity index (χ0n) is 25.9. The summed E-state index contributed by atoms with van der Waals surface area (Å²) in [5, 5.41) is 15.9. The quantitative estimate of drug-likeness (QED) is 0.193. The molecule has 0 bridgehead atoms. The Bertz CT molecular complexity index is 1420. The van der Waals surface area contributed by atoms with Gasteiger partial charge in [0.2, 0.25) is 0 Å². The van der Waals surface area contributed by atoms with Crippen LogP contribution in [0.25, 0.3) is 28.0 Å². The lowest BCUT2D eigenvalue weighted by atomic mass is 9.99. The lowest BCUT2D eigenvalue weighted by Crippen LogP contribution is -2.34. The van der Waals surface area contributed by atoms with Crippen molar-refractivity contribution in [3.63, 3.8) is 0 Å². The van der Waals surface area contributed by atoms with E-state index in [1.165, 1.54) is 37.9 Å². The van der Waals surface area contributed by atoms with Crippen molar-refractivity contribution in [1.82, 2.24) is 34.8 Å². The lowest BCUT2D eigenvalue weighted by Gasteiger charge is -2.26. The fourth-order valence-corrected chi connectivity index (χ4v) is 5.87. The van der Waals surface area contributed by atoms with Crippen LogP contribution < -0.4 is 0 Å². The molecule has 1 saturated heterocycles. The number of likely N-dealkylation sites (tertiary alicyclic amines) is 1. The Hall–Kier alpha value is -3.52. The zero-order chi connectivity index (χ0) is 29.5. The summed E-state index contributed by atoms with van der Waals surface area (Å²) in [4.78, 5) is 18.5. The number of hydrogen-bond acceptors (Lipinski definition) is 5. The number of benzene rings is 1. The van der Waals surface area contributed by atoms with Crippen molar-refractivity contribution in [3.8, 4) is 22.5 Å². The second-order valence-electron chi connectivity index (χ2n) is 12.7. The molecule has 8 heteroatoms. The SMILES string of the molecule is CC(C)CCN(CCC(C)C)C(=O)c1ccn2nc(-c3cccc(-c4cnn[nH]4)c3)c(CCCN3CCCCC3)c2c1. The van der Waals surface area contributed by atoms with Gasteiger partial charge in [-0.05, 0) is 88.2 Å². The van der Waals surface area contributed by atoms with Crippen LogP contribution in [0.15, 0.2) is 48.8 Å². The molecule has 0 spiro atoms. The number of piperidine rings is 1. The Morgan fingerprint density at radius 2 is 1.71 bits per heavy atom. The van der Waals surface area contributed by atoms with E-state index in [9.17, 15) is 4.79 Å². The summed E-state index contributed by atoms with van der Waals surface area (Å²) in [7, 11) is 0. The Balaban J connectivity index is 1.48. The van der Waals surface area contributed by atoms with E-state index >= 15 is 0 Å². The molecule has 8 nitrogen and oxygen atoms in total. The van der Waals surface area contributed by atoms with Crippen molar-refractivity contribution >= 4 is 11.4 Å². The average molecular weight is 570 g/mol. The van der Waals surface area contributed by atoms with Crippen LogP contribution in [0, 0.1) is 11.8 Å². The average Bonchev–Trinajstić information content (AvgIpc) is 3.66. The van der Waals surface area contributed by atoms with Gasteiger partial charge in [-0.2, -0.15) is 5.10 Å². The highest BCUT2D eigenvalue weighted by molar-refractivity contribution is 5.95. The highest BCUT2D eigenvalue weighted by atomic mass is 16.2. The zero-order valence-corrected chi connectivity index (χ0v) is 25.9. The maximum atomic E-state index is 13.9. The van der Waals surface area contributed by atoms with Gasteiger partial charge in [0.1, 0.15) is 0 Å². The van der Waals surface area contributed by atoms with Gasteiger partial charge in [-0.25, -0.2) is 4.52 Å². The molecule has 224 valence electrons. The summed E-state index contributed by atoms with van der Waals surface area (Å²) < 4.78 is 1.96. The van der Waals surface area contributed by atoms with Gasteiger partial charge in [-0.1, -0.05) is 57.5 Å². The molecule has 42 heavy (non-hydrogen) atoms. The van der Waals surface area contributed by atoms with Gasteiger partial charge in [0.15, 0.2) is 0 Å². The molecule has 1 aliphatic heterocycles. The maximum Gasteiger partial charge on any atom is 0.253 e. The summed E-state index contributed by atoms with van der Waals surface area (Å²) >= 11 is 0. The van der Waals surface area contributed by atoms with Crippen molar-refractivity contribution in [1.29, 1.82) is 0 Å². The molecule has 0 aliphatic carbocycles. The summed E-state index contributed by atoms with van der Waals surface area (Å²) in [6, 6.07) is 12.4. The Kier molecular flexibility index (Phi) is 10.1. The highest BCUT2D eigenvalue weighted by Crippen LogP contribution is 2.31. The molecule has 3 aromatic heterocycles. The van der Waals surface area contributed by atoms with Crippen LogP contribution in [0.5, 0.6) is 0 Å². The molecule has 1 fully saturated rings. The van der Waals surface area contributed by atoms with Crippen LogP contribution in [-0.4, -0.2) is 73.5 Å². The minimum Gasteiger partial charge on any atom is -0.339 e. The third-order valence-electron chi connectivity index (χ3n) is 8.44. The van der Waals surface area contributed by atoms with Crippen molar-refractivity contribution in [2.24, 2.45) is 11.8 Å².